The molecule has 2 saturated heterocycles. The normalized spacial score (nSPS) is 20.9. The lowest BCUT2D eigenvalue weighted by molar-refractivity contribution is 0.0604. The topological polar surface area (TPSA) is 77.5 Å². The van der Waals surface area contributed by atoms with Gasteiger partial charge in [0.25, 0.3) is 5.91 Å². The Morgan fingerprint density at radius 1 is 1.18 bits per heavy atom. The number of nitrogens with zero attached hydrogens (tertiary/aromatic N) is 6. The van der Waals surface area contributed by atoms with Gasteiger partial charge in [-0.3, -0.25) is 4.79 Å². The summed E-state index contributed by atoms with van der Waals surface area (Å²) >= 11 is 3.56. The molecule has 1 amide bonds. The van der Waals surface area contributed by atoms with E-state index in [0.717, 1.165) is 78.1 Å². The molecular weight excluding hydrogens is 480 g/mol. The smallest absolute Gasteiger partial charge is 0.255 e. The summed E-state index contributed by atoms with van der Waals surface area (Å²) < 4.78 is 2.65. The number of carbonyl (C=O) groups is 1. The number of carbonyl (C=O) groups excluding carboxylic acids is 1. The van der Waals surface area contributed by atoms with Gasteiger partial charge in [-0.25, -0.2) is 9.50 Å². The van der Waals surface area contributed by atoms with Crippen molar-refractivity contribution in [2.24, 2.45) is 5.92 Å². The van der Waals surface area contributed by atoms with Crippen LogP contribution in [0, 0.1) is 31.1 Å². The maximum atomic E-state index is 13.5. The second-order valence-electron chi connectivity index (χ2n) is 9.17. The minimum absolute atomic E-state index is 0.0387. The highest BCUT2D eigenvalue weighted by atomic mass is 79.9. The molecular formula is C25H27BrN6O. The molecule has 8 heteroatoms. The predicted molar refractivity (Wildman–Crippen MR) is 130 cm³/mol. The first-order valence-electron chi connectivity index (χ1n) is 11.5. The number of hydrogen-bond donors (Lipinski definition) is 0. The molecule has 0 aliphatic carbocycles. The Balaban J connectivity index is 1.47. The molecule has 4 heterocycles. The molecule has 33 heavy (non-hydrogen) atoms. The number of benzene rings is 1. The molecule has 170 valence electrons. The number of nitriles is 1. The summed E-state index contributed by atoms with van der Waals surface area (Å²) in [7, 11) is 0. The second-order valence-corrected chi connectivity index (χ2v) is 10.0. The van der Waals surface area contributed by atoms with Crippen LogP contribution in [0.3, 0.4) is 0 Å². The molecule has 0 saturated carbocycles. The average Bonchev–Trinajstić information content (AvgIpc) is 3.46. The van der Waals surface area contributed by atoms with Crippen molar-refractivity contribution < 1.29 is 4.79 Å². The van der Waals surface area contributed by atoms with Crippen LogP contribution in [0.4, 0.5) is 5.82 Å². The van der Waals surface area contributed by atoms with Crippen LogP contribution in [0.2, 0.25) is 0 Å². The minimum atomic E-state index is -0.0705. The van der Waals surface area contributed by atoms with Gasteiger partial charge in [-0.1, -0.05) is 11.6 Å². The molecule has 7 nitrogen and oxygen atoms in total. The number of halogens is 1. The standard InChI is InChI=1S/C25H27BrN6O/c1-16-6-7-20(26)19(11-16)25(33)31-9-4-3-5-22(31)21-12-23-28-24(17(2)14-32(23)29-21)30-10-8-18(13-27)15-30/h6-7,11-12,14,18,22H,3-5,8-10,15H2,1-2H3/t18-,22+/m1/s1. The van der Waals surface area contributed by atoms with Crippen molar-refractivity contribution in [1.82, 2.24) is 19.5 Å². The van der Waals surface area contributed by atoms with Gasteiger partial charge in [0.2, 0.25) is 0 Å². The van der Waals surface area contributed by atoms with Crippen LogP contribution in [0.15, 0.2) is 34.9 Å². The number of aromatic nitrogens is 3. The summed E-state index contributed by atoms with van der Waals surface area (Å²) in [6.45, 7) is 6.33. The fraction of sp³-hybridized carbons (Fsp3) is 0.440. The molecule has 0 spiro atoms. The third-order valence-electron chi connectivity index (χ3n) is 6.75. The first-order chi connectivity index (χ1) is 15.9. The molecule has 1 aromatic carbocycles. The molecule has 2 atom stereocenters. The van der Waals surface area contributed by atoms with Gasteiger partial charge in [-0.15, -0.1) is 0 Å². The van der Waals surface area contributed by atoms with Crippen LogP contribution in [0.25, 0.3) is 5.65 Å². The van der Waals surface area contributed by atoms with E-state index in [4.69, 9.17) is 10.1 Å². The molecule has 2 aliphatic rings. The van der Waals surface area contributed by atoms with Gasteiger partial charge in [0.05, 0.1) is 29.3 Å². The number of piperidine rings is 1. The number of hydrogen-bond acceptors (Lipinski definition) is 5. The highest BCUT2D eigenvalue weighted by Crippen LogP contribution is 2.34. The zero-order valence-corrected chi connectivity index (χ0v) is 20.5. The highest BCUT2D eigenvalue weighted by Gasteiger charge is 2.32. The third-order valence-corrected chi connectivity index (χ3v) is 7.44. The van der Waals surface area contributed by atoms with E-state index in [1.54, 1.807) is 0 Å². The Morgan fingerprint density at radius 3 is 2.82 bits per heavy atom. The number of likely N-dealkylation sites (tertiary alicyclic amines) is 1. The van der Waals surface area contributed by atoms with Crippen LogP contribution in [0.5, 0.6) is 0 Å². The lowest BCUT2D eigenvalue weighted by Crippen LogP contribution is -2.38. The van der Waals surface area contributed by atoms with Crippen molar-refractivity contribution in [1.29, 1.82) is 5.26 Å². The Morgan fingerprint density at radius 2 is 2.03 bits per heavy atom. The molecule has 0 N–H and O–H groups in total. The van der Waals surface area contributed by atoms with Gasteiger partial charge < -0.3 is 9.80 Å². The van der Waals surface area contributed by atoms with Crippen LogP contribution in [0.1, 0.15) is 58.9 Å². The summed E-state index contributed by atoms with van der Waals surface area (Å²) in [5, 5.41) is 14.1. The molecule has 5 rings (SSSR count). The molecule has 0 bridgehead atoms. The van der Waals surface area contributed by atoms with Gasteiger partial charge in [0.15, 0.2) is 5.65 Å². The second kappa shape index (κ2) is 8.79. The van der Waals surface area contributed by atoms with Crippen molar-refractivity contribution in [3.8, 4) is 6.07 Å². The lowest BCUT2D eigenvalue weighted by atomic mass is 9.98. The molecule has 2 fully saturated rings. The fourth-order valence-electron chi connectivity index (χ4n) is 5.00. The average molecular weight is 507 g/mol. The SMILES string of the molecule is Cc1ccc(Br)c(C(=O)N2CCCC[C@H]2c2cc3nc(N4CC[C@H](C#N)C4)c(C)cn3n2)c1. The number of anilines is 1. The minimum Gasteiger partial charge on any atom is -0.355 e. The van der Waals surface area contributed by atoms with E-state index in [9.17, 15) is 10.1 Å². The first kappa shape index (κ1) is 21.9. The molecule has 0 unspecified atom stereocenters. The van der Waals surface area contributed by atoms with E-state index in [1.807, 2.05) is 53.7 Å². The highest BCUT2D eigenvalue weighted by molar-refractivity contribution is 9.10. The van der Waals surface area contributed by atoms with Gasteiger partial charge in [0, 0.05) is 41.9 Å². The van der Waals surface area contributed by atoms with Crippen molar-refractivity contribution >= 4 is 33.3 Å². The molecule has 3 aromatic rings. The zero-order chi connectivity index (χ0) is 23.1. The van der Waals surface area contributed by atoms with E-state index in [-0.39, 0.29) is 17.9 Å². The number of rotatable bonds is 3. The van der Waals surface area contributed by atoms with Crippen LogP contribution < -0.4 is 4.90 Å². The first-order valence-corrected chi connectivity index (χ1v) is 12.3. The van der Waals surface area contributed by atoms with E-state index >= 15 is 0 Å². The van der Waals surface area contributed by atoms with E-state index in [0.29, 0.717) is 5.56 Å². The van der Waals surface area contributed by atoms with E-state index in [2.05, 4.69) is 26.9 Å². The summed E-state index contributed by atoms with van der Waals surface area (Å²) in [5.41, 5.74) is 4.46. The largest absolute Gasteiger partial charge is 0.355 e. The summed E-state index contributed by atoms with van der Waals surface area (Å²) in [5.74, 6) is 1.02. The Hall–Kier alpha value is -2.92. The Labute approximate surface area is 202 Å². The van der Waals surface area contributed by atoms with E-state index < -0.39 is 0 Å². The van der Waals surface area contributed by atoms with Gasteiger partial charge >= 0.3 is 0 Å². The van der Waals surface area contributed by atoms with Gasteiger partial charge in [-0.05, 0) is 67.6 Å². The van der Waals surface area contributed by atoms with Gasteiger partial charge in [-0.2, -0.15) is 10.4 Å². The van der Waals surface area contributed by atoms with Crippen LogP contribution in [-0.2, 0) is 0 Å². The van der Waals surface area contributed by atoms with Gasteiger partial charge in [0.1, 0.15) is 5.82 Å². The third kappa shape index (κ3) is 4.10. The number of amides is 1. The van der Waals surface area contributed by atoms with Crippen molar-refractivity contribution in [2.45, 2.75) is 45.6 Å². The summed E-state index contributed by atoms with van der Waals surface area (Å²) in [6, 6.07) is 10.2. The van der Waals surface area contributed by atoms with Crippen molar-refractivity contribution in [3.63, 3.8) is 0 Å². The Bertz CT molecular complexity index is 1260. The Kier molecular flexibility index (Phi) is 5.83. The van der Waals surface area contributed by atoms with Crippen LogP contribution in [-0.4, -0.2) is 45.0 Å². The fourth-order valence-corrected chi connectivity index (χ4v) is 5.42. The van der Waals surface area contributed by atoms with Crippen molar-refractivity contribution in [2.75, 3.05) is 24.5 Å². The molecule has 2 aromatic heterocycles. The van der Waals surface area contributed by atoms with Crippen LogP contribution >= 0.6 is 15.9 Å². The zero-order valence-electron chi connectivity index (χ0n) is 19.0. The molecule has 0 radical (unpaired) electrons. The monoisotopic (exact) mass is 506 g/mol. The van der Waals surface area contributed by atoms with E-state index in [1.165, 1.54) is 0 Å². The summed E-state index contributed by atoms with van der Waals surface area (Å²) in [6.07, 6.45) is 5.84. The maximum Gasteiger partial charge on any atom is 0.255 e. The van der Waals surface area contributed by atoms with Crippen molar-refractivity contribution in [3.05, 3.63) is 57.3 Å². The number of aryl methyl sites for hydroxylation is 2. The maximum absolute atomic E-state index is 13.5. The predicted octanol–water partition coefficient (Wildman–Crippen LogP) is 4.83. The quantitative estimate of drug-likeness (QED) is 0.508. The summed E-state index contributed by atoms with van der Waals surface area (Å²) in [4.78, 5) is 22.6. The number of fused-ring (bicyclic) bond motifs is 1. The molecule has 2 aliphatic heterocycles. The lowest BCUT2D eigenvalue weighted by Gasteiger charge is -2.35.